The molecule has 1 saturated heterocycles. The lowest BCUT2D eigenvalue weighted by molar-refractivity contribution is 0.0515. The van der Waals surface area contributed by atoms with Crippen LogP contribution in [0.15, 0.2) is 18.5 Å². The summed E-state index contributed by atoms with van der Waals surface area (Å²) in [6, 6.07) is 3.64. The molecule has 8 heteroatoms. The number of aromatic nitrogens is 5. The molecule has 0 spiro atoms. The summed E-state index contributed by atoms with van der Waals surface area (Å²) in [4.78, 5) is 17.8. The maximum absolute atomic E-state index is 12.2. The van der Waals surface area contributed by atoms with Crippen molar-refractivity contribution in [2.45, 2.75) is 25.9 Å². The highest BCUT2D eigenvalue weighted by molar-refractivity contribution is 5.90. The summed E-state index contributed by atoms with van der Waals surface area (Å²) >= 11 is 0. The Morgan fingerprint density at radius 3 is 3.05 bits per heavy atom. The van der Waals surface area contributed by atoms with E-state index in [0.29, 0.717) is 19.0 Å². The van der Waals surface area contributed by atoms with Gasteiger partial charge < -0.3 is 9.64 Å². The number of rotatable bonds is 3. The summed E-state index contributed by atoms with van der Waals surface area (Å²) in [5.41, 5.74) is 0.841. The summed E-state index contributed by atoms with van der Waals surface area (Å²) in [7, 11) is 0. The molecule has 1 unspecified atom stereocenters. The predicted octanol–water partition coefficient (Wildman–Crippen LogP) is 0.587. The molecule has 110 valence electrons. The number of ether oxygens (including phenoxy) is 1. The van der Waals surface area contributed by atoms with Crippen LogP contribution in [0.5, 0.6) is 5.88 Å². The third-order valence-electron chi connectivity index (χ3n) is 3.34. The molecule has 1 aliphatic heterocycles. The second-order valence-electron chi connectivity index (χ2n) is 4.98. The van der Waals surface area contributed by atoms with E-state index < -0.39 is 0 Å². The van der Waals surface area contributed by atoms with Gasteiger partial charge in [0.05, 0.1) is 12.2 Å². The van der Waals surface area contributed by atoms with Crippen LogP contribution in [0.4, 0.5) is 0 Å². The number of aromatic amines is 1. The third kappa shape index (κ3) is 3.15. The topological polar surface area (TPSA) is 96.9 Å². The number of likely N-dealkylation sites (tertiary alicyclic amines) is 1. The van der Waals surface area contributed by atoms with E-state index in [1.54, 1.807) is 11.0 Å². The van der Waals surface area contributed by atoms with Gasteiger partial charge in [-0.1, -0.05) is 0 Å². The maximum Gasteiger partial charge on any atom is 0.291 e. The highest BCUT2D eigenvalue weighted by Gasteiger charge is 2.27. The lowest BCUT2D eigenvalue weighted by Gasteiger charge is -2.31. The second kappa shape index (κ2) is 5.86. The molecule has 3 rings (SSSR count). The van der Waals surface area contributed by atoms with Crippen LogP contribution in [0, 0.1) is 6.92 Å². The van der Waals surface area contributed by atoms with E-state index in [1.165, 1.54) is 6.33 Å². The van der Waals surface area contributed by atoms with Gasteiger partial charge in [-0.25, -0.2) is 4.98 Å². The quantitative estimate of drug-likeness (QED) is 0.887. The van der Waals surface area contributed by atoms with E-state index in [1.807, 2.05) is 13.0 Å². The van der Waals surface area contributed by atoms with Crippen LogP contribution < -0.4 is 4.74 Å². The van der Waals surface area contributed by atoms with Crippen molar-refractivity contribution in [1.29, 1.82) is 0 Å². The molecule has 8 nitrogen and oxygen atoms in total. The number of nitrogens with one attached hydrogen (secondary N) is 1. The molecule has 1 atom stereocenters. The second-order valence-corrected chi connectivity index (χ2v) is 4.98. The van der Waals surface area contributed by atoms with Crippen molar-refractivity contribution in [3.05, 3.63) is 30.0 Å². The minimum atomic E-state index is -0.157. The van der Waals surface area contributed by atoms with Crippen LogP contribution in [0.1, 0.15) is 29.2 Å². The lowest BCUT2D eigenvalue weighted by atomic mass is 10.1. The van der Waals surface area contributed by atoms with Crippen LogP contribution in [-0.2, 0) is 0 Å². The molecule has 0 radical (unpaired) electrons. The maximum atomic E-state index is 12.2. The fraction of sp³-hybridized carbons (Fsp3) is 0.462. The third-order valence-corrected chi connectivity index (χ3v) is 3.34. The summed E-state index contributed by atoms with van der Waals surface area (Å²) in [6.45, 7) is 3.07. The molecule has 0 bridgehead atoms. The molecule has 2 aromatic heterocycles. The van der Waals surface area contributed by atoms with E-state index in [2.05, 4.69) is 25.4 Å². The molecule has 1 amide bonds. The highest BCUT2D eigenvalue weighted by Crippen LogP contribution is 2.17. The van der Waals surface area contributed by atoms with Gasteiger partial charge in [-0.2, -0.15) is 10.2 Å². The first-order valence-corrected chi connectivity index (χ1v) is 6.84. The van der Waals surface area contributed by atoms with E-state index in [-0.39, 0.29) is 17.8 Å². The zero-order valence-electron chi connectivity index (χ0n) is 11.7. The number of piperidine rings is 1. The monoisotopic (exact) mass is 288 g/mol. The van der Waals surface area contributed by atoms with Crippen molar-refractivity contribution < 1.29 is 9.53 Å². The summed E-state index contributed by atoms with van der Waals surface area (Å²) < 4.78 is 5.79. The number of carbonyl (C=O) groups excluding carboxylic acids is 1. The van der Waals surface area contributed by atoms with Crippen molar-refractivity contribution in [2.75, 3.05) is 13.1 Å². The van der Waals surface area contributed by atoms with Gasteiger partial charge in [0.2, 0.25) is 11.7 Å². The Bertz CT molecular complexity index is 598. The van der Waals surface area contributed by atoms with Crippen molar-refractivity contribution >= 4 is 5.91 Å². The Morgan fingerprint density at radius 1 is 1.43 bits per heavy atom. The Hall–Kier alpha value is -2.51. The van der Waals surface area contributed by atoms with Gasteiger partial charge in [-0.3, -0.25) is 9.89 Å². The van der Waals surface area contributed by atoms with Gasteiger partial charge in [0.1, 0.15) is 12.4 Å². The molecule has 1 aliphatic rings. The SMILES string of the molecule is Cc1ccc(OC2CCCN(C(=O)c3ncn[nH]3)C2)nn1. The number of hydrogen-bond acceptors (Lipinski definition) is 6. The van der Waals surface area contributed by atoms with E-state index in [0.717, 1.165) is 18.5 Å². The van der Waals surface area contributed by atoms with Crippen molar-refractivity contribution in [3.63, 3.8) is 0 Å². The zero-order chi connectivity index (χ0) is 14.7. The largest absolute Gasteiger partial charge is 0.471 e. The van der Waals surface area contributed by atoms with Gasteiger partial charge in [-0.15, -0.1) is 5.10 Å². The molecule has 0 aliphatic carbocycles. The molecule has 2 aromatic rings. The number of hydrogen-bond donors (Lipinski definition) is 1. The van der Waals surface area contributed by atoms with Gasteiger partial charge >= 0.3 is 0 Å². The number of carbonyl (C=O) groups is 1. The molecule has 3 heterocycles. The lowest BCUT2D eigenvalue weighted by Crippen LogP contribution is -2.44. The first-order chi connectivity index (χ1) is 10.2. The Labute approximate surface area is 121 Å². The normalized spacial score (nSPS) is 18.5. The van der Waals surface area contributed by atoms with E-state index in [4.69, 9.17) is 4.74 Å². The molecular formula is C13H16N6O2. The van der Waals surface area contributed by atoms with Crippen LogP contribution in [0.25, 0.3) is 0 Å². The summed E-state index contributed by atoms with van der Waals surface area (Å²) in [6.07, 6.45) is 3.01. The number of amides is 1. The fourth-order valence-electron chi connectivity index (χ4n) is 2.30. The van der Waals surface area contributed by atoms with Crippen LogP contribution in [0.3, 0.4) is 0 Å². The molecule has 21 heavy (non-hydrogen) atoms. The Kier molecular flexibility index (Phi) is 3.76. The van der Waals surface area contributed by atoms with E-state index >= 15 is 0 Å². The van der Waals surface area contributed by atoms with Crippen molar-refractivity contribution in [2.24, 2.45) is 0 Å². The smallest absolute Gasteiger partial charge is 0.291 e. The highest BCUT2D eigenvalue weighted by atomic mass is 16.5. The van der Waals surface area contributed by atoms with Crippen LogP contribution >= 0.6 is 0 Å². The Balaban J connectivity index is 1.63. The van der Waals surface area contributed by atoms with Gasteiger partial charge in [-0.05, 0) is 25.8 Å². The van der Waals surface area contributed by atoms with Crippen molar-refractivity contribution in [1.82, 2.24) is 30.3 Å². The Morgan fingerprint density at radius 2 is 2.33 bits per heavy atom. The molecule has 0 aromatic carbocycles. The predicted molar refractivity (Wildman–Crippen MR) is 72.7 cm³/mol. The van der Waals surface area contributed by atoms with Crippen LogP contribution in [0.2, 0.25) is 0 Å². The molecular weight excluding hydrogens is 272 g/mol. The minimum absolute atomic E-state index is 0.0809. The van der Waals surface area contributed by atoms with Crippen molar-refractivity contribution in [3.8, 4) is 5.88 Å². The van der Waals surface area contributed by atoms with Crippen LogP contribution in [-0.4, -0.2) is 55.4 Å². The first kappa shape index (κ1) is 13.5. The van der Waals surface area contributed by atoms with Gasteiger partial charge in [0, 0.05) is 12.6 Å². The number of nitrogens with zero attached hydrogens (tertiary/aromatic N) is 5. The standard InChI is InChI=1S/C13H16N6O2/c1-9-4-5-11(17-16-9)21-10-3-2-6-19(7-10)13(20)12-14-8-15-18-12/h4-5,8,10H,2-3,6-7H2,1H3,(H,14,15,18). The number of H-pyrrole nitrogens is 1. The van der Waals surface area contributed by atoms with Gasteiger partial charge in [0.15, 0.2) is 0 Å². The average Bonchev–Trinajstić information content (AvgIpc) is 3.03. The van der Waals surface area contributed by atoms with E-state index in [9.17, 15) is 4.79 Å². The number of aryl methyl sites for hydroxylation is 1. The first-order valence-electron chi connectivity index (χ1n) is 6.84. The molecule has 0 saturated carbocycles. The fourth-order valence-corrected chi connectivity index (χ4v) is 2.30. The molecule has 1 fully saturated rings. The zero-order valence-corrected chi connectivity index (χ0v) is 11.7. The summed E-state index contributed by atoms with van der Waals surface area (Å²) in [5, 5.41) is 14.2. The average molecular weight is 288 g/mol. The minimum Gasteiger partial charge on any atom is -0.471 e. The summed E-state index contributed by atoms with van der Waals surface area (Å²) in [5.74, 6) is 0.584. The van der Waals surface area contributed by atoms with Gasteiger partial charge in [0.25, 0.3) is 5.91 Å². The molecule has 1 N–H and O–H groups in total.